The van der Waals surface area contributed by atoms with E-state index in [-0.39, 0.29) is 19.1 Å². The van der Waals surface area contributed by atoms with Crippen molar-refractivity contribution >= 4 is 13.7 Å². The second-order valence-electron chi connectivity index (χ2n) is 17.8. The van der Waals surface area contributed by atoms with E-state index in [9.17, 15) is 19.4 Å². The minimum absolute atomic E-state index is 0.0121. The SMILES string of the molecule is CCCCC/C=C\C/C=C\CCCCCCCCCCCC(=O)NC(COP(=O)([O-])OCC[N+](C)(C)C)C(O)CCCCCCCCCCCCCCCCCC. The Morgan fingerprint density at radius 1 is 0.614 bits per heavy atom. The van der Waals surface area contributed by atoms with E-state index in [0.29, 0.717) is 23.9 Å². The van der Waals surface area contributed by atoms with Crippen LogP contribution >= 0.6 is 7.82 Å². The predicted molar refractivity (Wildman–Crippen MR) is 242 cm³/mol. The van der Waals surface area contributed by atoms with Gasteiger partial charge in [0.2, 0.25) is 5.91 Å². The molecule has 0 saturated carbocycles. The van der Waals surface area contributed by atoms with E-state index in [1.807, 2.05) is 21.1 Å². The van der Waals surface area contributed by atoms with Gasteiger partial charge in [0.05, 0.1) is 39.9 Å². The molecule has 338 valence electrons. The number of carbonyl (C=O) groups excluding carboxylic acids is 1. The quantitative estimate of drug-likeness (QED) is 0.0274. The van der Waals surface area contributed by atoms with Crippen molar-refractivity contribution in [2.24, 2.45) is 0 Å². The van der Waals surface area contributed by atoms with Crippen molar-refractivity contribution in [1.29, 1.82) is 0 Å². The van der Waals surface area contributed by atoms with Gasteiger partial charge < -0.3 is 28.8 Å². The number of quaternary nitrogens is 1. The lowest BCUT2D eigenvalue weighted by atomic mass is 10.0. The van der Waals surface area contributed by atoms with Crippen LogP contribution in [0.4, 0.5) is 0 Å². The van der Waals surface area contributed by atoms with Crippen LogP contribution in [0.3, 0.4) is 0 Å². The number of hydrogen-bond donors (Lipinski definition) is 2. The van der Waals surface area contributed by atoms with E-state index < -0.39 is 20.0 Å². The van der Waals surface area contributed by atoms with Crippen molar-refractivity contribution in [2.75, 3.05) is 40.9 Å². The zero-order valence-electron chi connectivity index (χ0n) is 38.3. The van der Waals surface area contributed by atoms with Gasteiger partial charge in [-0.15, -0.1) is 0 Å². The highest BCUT2D eigenvalue weighted by molar-refractivity contribution is 7.45. The Kier molecular flexibility index (Phi) is 39.7. The second kappa shape index (κ2) is 40.4. The zero-order chi connectivity index (χ0) is 42.1. The number of nitrogens with one attached hydrogen (secondary N) is 1. The molecule has 0 aromatic rings. The number of likely N-dealkylation sites (N-methyl/N-ethyl adjacent to an activating group) is 1. The minimum Gasteiger partial charge on any atom is -0.756 e. The normalized spacial score (nSPS) is 14.4. The first-order valence-corrected chi connectivity index (χ1v) is 25.6. The van der Waals surface area contributed by atoms with Gasteiger partial charge in [-0.05, 0) is 44.9 Å². The van der Waals surface area contributed by atoms with Crippen LogP contribution < -0.4 is 10.2 Å². The zero-order valence-corrected chi connectivity index (χ0v) is 39.2. The number of nitrogens with zero attached hydrogens (tertiary/aromatic N) is 1. The number of phosphoric acid groups is 1. The molecule has 57 heavy (non-hydrogen) atoms. The van der Waals surface area contributed by atoms with Crippen LogP contribution in [0.25, 0.3) is 0 Å². The fourth-order valence-electron chi connectivity index (χ4n) is 7.07. The number of aliphatic hydroxyl groups excluding tert-OH is 1. The van der Waals surface area contributed by atoms with Gasteiger partial charge in [-0.25, -0.2) is 0 Å². The van der Waals surface area contributed by atoms with E-state index in [1.165, 1.54) is 154 Å². The maximum Gasteiger partial charge on any atom is 0.268 e. The van der Waals surface area contributed by atoms with Crippen molar-refractivity contribution in [3.63, 3.8) is 0 Å². The molecule has 0 aliphatic carbocycles. The average molecular weight is 827 g/mol. The molecule has 0 heterocycles. The summed E-state index contributed by atoms with van der Waals surface area (Å²) in [7, 11) is 1.31. The van der Waals surface area contributed by atoms with Gasteiger partial charge in [-0.1, -0.05) is 199 Å². The molecule has 3 atom stereocenters. The summed E-state index contributed by atoms with van der Waals surface area (Å²) in [6.45, 7) is 4.71. The molecular weight excluding hydrogens is 732 g/mol. The Morgan fingerprint density at radius 2 is 1.02 bits per heavy atom. The number of carbonyl (C=O) groups is 1. The van der Waals surface area contributed by atoms with Crippen LogP contribution in [-0.4, -0.2) is 68.5 Å². The molecule has 0 rings (SSSR count). The summed E-state index contributed by atoms with van der Waals surface area (Å²) in [6.07, 6.45) is 47.5. The third-order valence-corrected chi connectivity index (χ3v) is 11.9. The largest absolute Gasteiger partial charge is 0.756 e. The Morgan fingerprint density at radius 3 is 1.49 bits per heavy atom. The summed E-state index contributed by atoms with van der Waals surface area (Å²) in [6, 6.07) is -0.800. The van der Waals surface area contributed by atoms with Crippen LogP contribution in [0.1, 0.15) is 226 Å². The molecule has 0 saturated heterocycles. The highest BCUT2D eigenvalue weighted by Crippen LogP contribution is 2.38. The van der Waals surface area contributed by atoms with Crippen LogP contribution in [0, 0.1) is 0 Å². The molecule has 0 aromatic heterocycles. The van der Waals surface area contributed by atoms with Crippen molar-refractivity contribution in [2.45, 2.75) is 238 Å². The predicted octanol–water partition coefficient (Wildman–Crippen LogP) is 13.1. The third kappa shape index (κ3) is 42.9. The first-order chi connectivity index (χ1) is 27.5. The van der Waals surface area contributed by atoms with Crippen LogP contribution in [0.5, 0.6) is 0 Å². The van der Waals surface area contributed by atoms with Crippen LogP contribution in [0.2, 0.25) is 0 Å². The molecule has 3 unspecified atom stereocenters. The van der Waals surface area contributed by atoms with E-state index in [2.05, 4.69) is 43.5 Å². The average Bonchev–Trinajstić information content (AvgIpc) is 3.16. The van der Waals surface area contributed by atoms with Gasteiger partial charge in [0.15, 0.2) is 0 Å². The van der Waals surface area contributed by atoms with Crippen LogP contribution in [-0.2, 0) is 18.4 Å². The van der Waals surface area contributed by atoms with E-state index in [4.69, 9.17) is 9.05 Å². The maximum absolute atomic E-state index is 12.9. The van der Waals surface area contributed by atoms with E-state index in [0.717, 1.165) is 44.9 Å². The van der Waals surface area contributed by atoms with Crippen molar-refractivity contribution in [3.05, 3.63) is 24.3 Å². The molecule has 0 aliphatic rings. The van der Waals surface area contributed by atoms with Crippen molar-refractivity contribution in [1.82, 2.24) is 5.32 Å². The standard InChI is InChI=1S/C48H95N2O6P/c1-6-8-10-12-14-16-18-20-22-24-25-26-28-30-32-34-36-38-40-42-48(52)49-46(45-56-57(53,54)55-44-43-50(3,4)5)47(51)41-39-37-35-33-31-29-27-23-21-19-17-15-13-11-9-7-2/h14,16,20,22,46-47,51H,6-13,15,17-19,21,23-45H2,1-5H3,(H-,49,52,53,54)/b16-14-,22-20-. The molecule has 0 radical (unpaired) electrons. The molecule has 0 fully saturated rings. The van der Waals surface area contributed by atoms with Crippen LogP contribution in [0.15, 0.2) is 24.3 Å². The smallest absolute Gasteiger partial charge is 0.268 e. The highest BCUT2D eigenvalue weighted by atomic mass is 31.2. The highest BCUT2D eigenvalue weighted by Gasteiger charge is 2.24. The van der Waals surface area contributed by atoms with Crippen molar-refractivity contribution < 1.29 is 32.9 Å². The number of phosphoric ester groups is 1. The Labute approximate surface area is 354 Å². The monoisotopic (exact) mass is 827 g/mol. The first kappa shape index (κ1) is 56.0. The van der Waals surface area contributed by atoms with E-state index in [1.54, 1.807) is 0 Å². The molecule has 0 spiro atoms. The van der Waals surface area contributed by atoms with Gasteiger partial charge in [0, 0.05) is 6.42 Å². The van der Waals surface area contributed by atoms with E-state index >= 15 is 0 Å². The molecule has 8 nitrogen and oxygen atoms in total. The second-order valence-corrected chi connectivity index (χ2v) is 19.2. The fraction of sp³-hybridized carbons (Fsp3) is 0.896. The fourth-order valence-corrected chi connectivity index (χ4v) is 7.79. The van der Waals surface area contributed by atoms with Crippen molar-refractivity contribution in [3.8, 4) is 0 Å². The molecular formula is C48H95N2O6P. The summed E-state index contributed by atoms with van der Waals surface area (Å²) in [5.41, 5.74) is 0. The summed E-state index contributed by atoms with van der Waals surface area (Å²) in [5, 5.41) is 13.9. The number of unbranched alkanes of at least 4 members (excludes halogenated alkanes) is 27. The lowest BCUT2D eigenvalue weighted by Gasteiger charge is -2.30. The summed E-state index contributed by atoms with van der Waals surface area (Å²) < 4.78 is 23.3. The summed E-state index contributed by atoms with van der Waals surface area (Å²) in [4.78, 5) is 25.4. The Hall–Kier alpha value is -1.02. The minimum atomic E-state index is -4.56. The number of amides is 1. The van der Waals surface area contributed by atoms with Gasteiger partial charge in [0.25, 0.3) is 7.82 Å². The number of aliphatic hydroxyl groups is 1. The molecule has 0 bridgehead atoms. The molecule has 0 aromatic carbocycles. The molecule has 2 N–H and O–H groups in total. The lowest BCUT2D eigenvalue weighted by Crippen LogP contribution is -2.46. The number of hydrogen-bond acceptors (Lipinski definition) is 6. The molecule has 9 heteroatoms. The Bertz CT molecular complexity index is 984. The lowest BCUT2D eigenvalue weighted by molar-refractivity contribution is -0.870. The topological polar surface area (TPSA) is 108 Å². The first-order valence-electron chi connectivity index (χ1n) is 24.2. The van der Waals surface area contributed by atoms with Gasteiger partial charge >= 0.3 is 0 Å². The third-order valence-electron chi connectivity index (χ3n) is 10.9. The van der Waals surface area contributed by atoms with Gasteiger partial charge in [0.1, 0.15) is 13.2 Å². The van der Waals surface area contributed by atoms with Gasteiger partial charge in [-0.2, -0.15) is 0 Å². The number of allylic oxidation sites excluding steroid dienone is 4. The van der Waals surface area contributed by atoms with Gasteiger partial charge in [-0.3, -0.25) is 9.36 Å². The maximum atomic E-state index is 12.9. The number of rotatable bonds is 44. The molecule has 0 aliphatic heterocycles. The summed E-state index contributed by atoms with van der Waals surface area (Å²) >= 11 is 0. The Balaban J connectivity index is 4.30. The molecule has 1 amide bonds. The summed E-state index contributed by atoms with van der Waals surface area (Å²) in [5.74, 6) is -0.168.